The van der Waals surface area contributed by atoms with Gasteiger partial charge in [0.25, 0.3) is 0 Å². The Morgan fingerprint density at radius 2 is 1.82 bits per heavy atom. The van der Waals surface area contributed by atoms with Crippen LogP contribution in [0, 0.1) is 0 Å². The third-order valence-corrected chi connectivity index (χ3v) is 7.79. The maximum atomic E-state index is 12.6. The second-order valence-electron chi connectivity index (χ2n) is 9.69. The number of hydrogen-bond donors (Lipinski definition) is 1. The van der Waals surface area contributed by atoms with Crippen molar-refractivity contribution >= 4 is 28.4 Å². The highest BCUT2D eigenvalue weighted by Crippen LogP contribution is 2.34. The van der Waals surface area contributed by atoms with Gasteiger partial charge in [0.2, 0.25) is 5.91 Å². The monoisotopic (exact) mass is 463 g/mol. The van der Waals surface area contributed by atoms with Gasteiger partial charge in [0.05, 0.1) is 0 Å². The van der Waals surface area contributed by atoms with Crippen molar-refractivity contribution in [2.75, 3.05) is 26.2 Å². The molecule has 0 bridgehead atoms. The van der Waals surface area contributed by atoms with E-state index in [1.165, 1.54) is 41.3 Å². The van der Waals surface area contributed by atoms with Gasteiger partial charge < -0.3 is 14.8 Å². The lowest BCUT2D eigenvalue weighted by Gasteiger charge is -2.32. The molecule has 0 saturated carbocycles. The molecule has 3 heterocycles. The normalized spacial score (nSPS) is 17.4. The fourth-order valence-electron chi connectivity index (χ4n) is 5.58. The SMILES string of the molecule is O=C(CCCCCN1CCC(c2c[nH]c3cc(Cl)ccc23)CC1)N1CCc2ccccc2C1. The van der Waals surface area contributed by atoms with Crippen LogP contribution in [0.25, 0.3) is 10.9 Å². The Morgan fingerprint density at radius 3 is 2.67 bits per heavy atom. The summed E-state index contributed by atoms with van der Waals surface area (Å²) < 4.78 is 0. The van der Waals surface area contributed by atoms with E-state index < -0.39 is 0 Å². The number of amides is 1. The molecule has 0 atom stereocenters. The molecule has 0 aliphatic carbocycles. The summed E-state index contributed by atoms with van der Waals surface area (Å²) >= 11 is 6.13. The number of carbonyl (C=O) groups excluding carboxylic acids is 1. The number of aromatic nitrogens is 1. The van der Waals surface area contributed by atoms with E-state index in [1.54, 1.807) is 0 Å². The van der Waals surface area contributed by atoms with E-state index in [2.05, 4.69) is 46.4 Å². The van der Waals surface area contributed by atoms with Gasteiger partial charge in [0.1, 0.15) is 0 Å². The zero-order valence-electron chi connectivity index (χ0n) is 19.4. The second-order valence-corrected chi connectivity index (χ2v) is 10.1. The van der Waals surface area contributed by atoms with E-state index in [1.807, 2.05) is 17.0 Å². The molecule has 5 heteroatoms. The Morgan fingerprint density at radius 1 is 1.00 bits per heavy atom. The van der Waals surface area contributed by atoms with Crippen LogP contribution >= 0.6 is 11.6 Å². The van der Waals surface area contributed by atoms with E-state index in [4.69, 9.17) is 11.6 Å². The molecule has 2 aromatic carbocycles. The first-order valence-corrected chi connectivity index (χ1v) is 12.9. The van der Waals surface area contributed by atoms with Crippen LogP contribution in [0.15, 0.2) is 48.7 Å². The fraction of sp³-hybridized carbons (Fsp3) is 0.464. The van der Waals surface area contributed by atoms with Crippen LogP contribution in [0.5, 0.6) is 0 Å². The van der Waals surface area contributed by atoms with Gasteiger partial charge in [-0.3, -0.25) is 4.79 Å². The second kappa shape index (κ2) is 10.3. The molecule has 4 nitrogen and oxygen atoms in total. The molecule has 1 saturated heterocycles. The number of nitrogens with zero attached hydrogens (tertiary/aromatic N) is 2. The van der Waals surface area contributed by atoms with Crippen LogP contribution in [-0.2, 0) is 17.8 Å². The van der Waals surface area contributed by atoms with Crippen LogP contribution in [0.4, 0.5) is 0 Å². The van der Waals surface area contributed by atoms with Crippen molar-refractivity contribution < 1.29 is 4.79 Å². The Kier molecular flexibility index (Phi) is 7.03. The summed E-state index contributed by atoms with van der Waals surface area (Å²) in [6, 6.07) is 14.7. The molecule has 1 fully saturated rings. The Balaban J connectivity index is 1.000. The summed E-state index contributed by atoms with van der Waals surface area (Å²) in [5.41, 5.74) is 5.31. The number of rotatable bonds is 7. The molecule has 0 spiro atoms. The maximum Gasteiger partial charge on any atom is 0.222 e. The number of halogens is 1. The smallest absolute Gasteiger partial charge is 0.222 e. The first-order valence-electron chi connectivity index (χ1n) is 12.5. The van der Waals surface area contributed by atoms with Crippen molar-refractivity contribution in [1.82, 2.24) is 14.8 Å². The fourth-order valence-corrected chi connectivity index (χ4v) is 5.75. The average molecular weight is 464 g/mol. The van der Waals surface area contributed by atoms with Crippen LogP contribution in [0.3, 0.4) is 0 Å². The van der Waals surface area contributed by atoms with Gasteiger partial charge in [0, 0.05) is 41.6 Å². The molecule has 0 radical (unpaired) electrons. The molecular weight excluding hydrogens is 430 g/mol. The Labute approximate surface area is 201 Å². The van der Waals surface area contributed by atoms with Crippen molar-refractivity contribution in [3.8, 4) is 0 Å². The number of carbonyl (C=O) groups is 1. The van der Waals surface area contributed by atoms with Gasteiger partial charge in [-0.25, -0.2) is 0 Å². The van der Waals surface area contributed by atoms with E-state index in [-0.39, 0.29) is 0 Å². The van der Waals surface area contributed by atoms with Gasteiger partial charge in [-0.1, -0.05) is 48.4 Å². The number of hydrogen-bond acceptors (Lipinski definition) is 2. The standard InChI is InChI=1S/C28H34ClN3O/c29-24-9-10-25-26(19-30-27(25)18-24)22-11-15-31(16-12-22)14-5-1-2-8-28(33)32-17-13-21-6-3-4-7-23(21)20-32/h3-4,6-7,9-10,18-19,22,30H,1-2,5,8,11-17,20H2. The number of aromatic amines is 1. The summed E-state index contributed by atoms with van der Waals surface area (Å²) in [6.45, 7) is 5.14. The van der Waals surface area contributed by atoms with Gasteiger partial charge in [-0.05, 0) is 86.5 Å². The van der Waals surface area contributed by atoms with Gasteiger partial charge in [-0.2, -0.15) is 0 Å². The van der Waals surface area contributed by atoms with Crippen LogP contribution in [0.2, 0.25) is 5.02 Å². The number of benzene rings is 2. The average Bonchev–Trinajstić information content (AvgIpc) is 3.26. The van der Waals surface area contributed by atoms with E-state index in [0.717, 1.165) is 62.5 Å². The minimum Gasteiger partial charge on any atom is -0.361 e. The topological polar surface area (TPSA) is 39.3 Å². The molecule has 2 aliphatic rings. The molecule has 174 valence electrons. The highest BCUT2D eigenvalue weighted by molar-refractivity contribution is 6.31. The first kappa shape index (κ1) is 22.5. The first-order chi connectivity index (χ1) is 16.2. The highest BCUT2D eigenvalue weighted by atomic mass is 35.5. The minimum atomic E-state index is 0.324. The van der Waals surface area contributed by atoms with E-state index in [0.29, 0.717) is 18.2 Å². The van der Waals surface area contributed by atoms with Gasteiger partial charge in [0.15, 0.2) is 0 Å². The van der Waals surface area contributed by atoms with Crippen molar-refractivity contribution in [2.24, 2.45) is 0 Å². The maximum absolute atomic E-state index is 12.6. The van der Waals surface area contributed by atoms with E-state index >= 15 is 0 Å². The lowest BCUT2D eigenvalue weighted by Crippen LogP contribution is -2.35. The number of unbranched alkanes of at least 4 members (excludes halogenated alkanes) is 2. The van der Waals surface area contributed by atoms with Crippen molar-refractivity contribution in [3.05, 3.63) is 70.4 Å². The van der Waals surface area contributed by atoms with Gasteiger partial charge in [-0.15, -0.1) is 0 Å². The van der Waals surface area contributed by atoms with Crippen LogP contribution in [0.1, 0.15) is 61.1 Å². The summed E-state index contributed by atoms with van der Waals surface area (Å²) in [4.78, 5) is 20.7. The Bertz CT molecular complexity index is 1100. The lowest BCUT2D eigenvalue weighted by molar-refractivity contribution is -0.132. The third-order valence-electron chi connectivity index (χ3n) is 7.55. The number of likely N-dealkylation sites (tertiary alicyclic amines) is 1. The summed E-state index contributed by atoms with van der Waals surface area (Å²) in [6.07, 6.45) is 9.62. The van der Waals surface area contributed by atoms with Crippen molar-refractivity contribution in [1.29, 1.82) is 0 Å². The molecule has 1 N–H and O–H groups in total. The molecular formula is C28H34ClN3O. The summed E-state index contributed by atoms with van der Waals surface area (Å²) in [7, 11) is 0. The zero-order valence-corrected chi connectivity index (χ0v) is 20.1. The zero-order chi connectivity index (χ0) is 22.6. The summed E-state index contributed by atoms with van der Waals surface area (Å²) in [5, 5.41) is 2.10. The Hall–Kier alpha value is -2.30. The number of nitrogens with one attached hydrogen (secondary N) is 1. The van der Waals surface area contributed by atoms with Crippen molar-refractivity contribution in [3.63, 3.8) is 0 Å². The number of H-pyrrole nitrogens is 1. The molecule has 33 heavy (non-hydrogen) atoms. The lowest BCUT2D eigenvalue weighted by atomic mass is 9.89. The predicted molar refractivity (Wildman–Crippen MR) is 136 cm³/mol. The summed E-state index contributed by atoms with van der Waals surface area (Å²) in [5.74, 6) is 0.953. The largest absolute Gasteiger partial charge is 0.361 e. The molecule has 5 rings (SSSR count). The molecule has 3 aromatic rings. The van der Waals surface area contributed by atoms with Gasteiger partial charge >= 0.3 is 0 Å². The quantitative estimate of drug-likeness (QED) is 0.427. The predicted octanol–water partition coefficient (Wildman–Crippen LogP) is 6.15. The molecule has 2 aliphatic heterocycles. The molecule has 1 amide bonds. The molecule has 0 unspecified atom stereocenters. The van der Waals surface area contributed by atoms with E-state index in [9.17, 15) is 4.79 Å². The highest BCUT2D eigenvalue weighted by Gasteiger charge is 2.23. The number of piperidine rings is 1. The number of fused-ring (bicyclic) bond motifs is 2. The third kappa shape index (κ3) is 5.28. The molecule has 1 aromatic heterocycles. The van der Waals surface area contributed by atoms with Crippen LogP contribution < -0.4 is 0 Å². The van der Waals surface area contributed by atoms with Crippen LogP contribution in [-0.4, -0.2) is 46.9 Å². The van der Waals surface area contributed by atoms with Crippen molar-refractivity contribution in [2.45, 2.75) is 57.4 Å². The minimum absolute atomic E-state index is 0.324.